The second kappa shape index (κ2) is 6.89. The molecule has 0 heterocycles. The standard InChI is InChI=1S/C18H18O4/c1-12-9-10-14(11-13-7-5-4-6-8-13)16(18(20)22-3)15(12)17(19)21-2/h4-10H,11H2,1-3H3. The number of ether oxygens (including phenoxy) is 2. The lowest BCUT2D eigenvalue weighted by Crippen LogP contribution is -2.16. The molecule has 0 bridgehead atoms. The molecule has 2 aromatic rings. The average molecular weight is 298 g/mol. The van der Waals surface area contributed by atoms with Crippen molar-refractivity contribution in [2.45, 2.75) is 13.3 Å². The van der Waals surface area contributed by atoms with Gasteiger partial charge in [-0.25, -0.2) is 9.59 Å². The predicted molar refractivity (Wildman–Crippen MR) is 83.1 cm³/mol. The molecule has 0 amide bonds. The molecule has 0 atom stereocenters. The number of carbonyl (C=O) groups excluding carboxylic acids is 2. The summed E-state index contributed by atoms with van der Waals surface area (Å²) in [4.78, 5) is 24.2. The van der Waals surface area contributed by atoms with Gasteiger partial charge in [0.25, 0.3) is 0 Å². The maximum absolute atomic E-state index is 12.2. The molecule has 0 aliphatic heterocycles. The van der Waals surface area contributed by atoms with Gasteiger partial charge in [-0.15, -0.1) is 0 Å². The Morgan fingerprint density at radius 1 is 0.864 bits per heavy atom. The molecular formula is C18H18O4. The third-order valence-corrected chi connectivity index (χ3v) is 3.52. The van der Waals surface area contributed by atoms with Crippen molar-refractivity contribution >= 4 is 11.9 Å². The summed E-state index contributed by atoms with van der Waals surface area (Å²) in [7, 11) is 2.60. The summed E-state index contributed by atoms with van der Waals surface area (Å²) in [5, 5.41) is 0. The Hall–Kier alpha value is -2.62. The number of esters is 2. The van der Waals surface area contributed by atoms with Gasteiger partial charge in [0.1, 0.15) is 0 Å². The molecule has 0 aliphatic carbocycles. The molecule has 4 nitrogen and oxygen atoms in total. The number of hydrogen-bond acceptors (Lipinski definition) is 4. The number of methoxy groups -OCH3 is 2. The van der Waals surface area contributed by atoms with Crippen molar-refractivity contribution in [3.63, 3.8) is 0 Å². The van der Waals surface area contributed by atoms with Gasteiger partial charge in [0.05, 0.1) is 25.3 Å². The lowest BCUT2D eigenvalue weighted by molar-refractivity contribution is 0.0553. The molecule has 0 aromatic heterocycles. The highest BCUT2D eigenvalue weighted by atomic mass is 16.5. The Morgan fingerprint density at radius 2 is 1.45 bits per heavy atom. The first-order valence-electron chi connectivity index (χ1n) is 6.91. The molecule has 22 heavy (non-hydrogen) atoms. The minimum absolute atomic E-state index is 0.266. The first-order valence-corrected chi connectivity index (χ1v) is 6.91. The fraction of sp³-hybridized carbons (Fsp3) is 0.222. The molecule has 4 heteroatoms. The second-order valence-electron chi connectivity index (χ2n) is 4.94. The molecule has 0 spiro atoms. The zero-order chi connectivity index (χ0) is 16.1. The van der Waals surface area contributed by atoms with Crippen molar-refractivity contribution in [1.82, 2.24) is 0 Å². The SMILES string of the molecule is COC(=O)c1c(C)ccc(Cc2ccccc2)c1C(=O)OC. The third-order valence-electron chi connectivity index (χ3n) is 3.52. The van der Waals surface area contributed by atoms with E-state index in [0.29, 0.717) is 12.0 Å². The molecule has 114 valence electrons. The van der Waals surface area contributed by atoms with Crippen LogP contribution in [0.3, 0.4) is 0 Å². The van der Waals surface area contributed by atoms with E-state index < -0.39 is 11.9 Å². The minimum atomic E-state index is -0.534. The van der Waals surface area contributed by atoms with Crippen molar-refractivity contribution in [2.24, 2.45) is 0 Å². The van der Waals surface area contributed by atoms with Crippen molar-refractivity contribution < 1.29 is 19.1 Å². The molecule has 0 unspecified atom stereocenters. The van der Waals surface area contributed by atoms with Gasteiger partial charge in [-0.1, -0.05) is 42.5 Å². The summed E-state index contributed by atoms with van der Waals surface area (Å²) in [5.41, 5.74) is 3.02. The molecule has 0 fully saturated rings. The fourth-order valence-electron chi connectivity index (χ4n) is 2.41. The van der Waals surface area contributed by atoms with Gasteiger partial charge >= 0.3 is 11.9 Å². The smallest absolute Gasteiger partial charge is 0.339 e. The van der Waals surface area contributed by atoms with Crippen LogP contribution in [-0.2, 0) is 15.9 Å². The Morgan fingerprint density at radius 3 is 2.05 bits per heavy atom. The van der Waals surface area contributed by atoms with Crippen molar-refractivity contribution in [3.05, 3.63) is 70.3 Å². The van der Waals surface area contributed by atoms with E-state index in [-0.39, 0.29) is 11.1 Å². The molecule has 2 aromatic carbocycles. The topological polar surface area (TPSA) is 52.6 Å². The Kier molecular flexibility index (Phi) is 4.94. The van der Waals surface area contributed by atoms with Gasteiger partial charge in [-0.05, 0) is 30.0 Å². The van der Waals surface area contributed by atoms with Gasteiger partial charge in [-0.2, -0.15) is 0 Å². The quantitative estimate of drug-likeness (QED) is 0.814. The summed E-state index contributed by atoms with van der Waals surface area (Å²) in [6, 6.07) is 13.4. The van der Waals surface area contributed by atoms with Crippen molar-refractivity contribution in [2.75, 3.05) is 14.2 Å². The second-order valence-corrected chi connectivity index (χ2v) is 4.94. The van der Waals surface area contributed by atoms with E-state index in [9.17, 15) is 9.59 Å². The molecule has 0 saturated heterocycles. The molecule has 2 rings (SSSR count). The lowest BCUT2D eigenvalue weighted by atomic mass is 9.92. The number of rotatable bonds is 4. The zero-order valence-corrected chi connectivity index (χ0v) is 12.9. The van der Waals surface area contributed by atoms with Gasteiger partial charge < -0.3 is 9.47 Å². The van der Waals surface area contributed by atoms with Crippen molar-refractivity contribution in [3.8, 4) is 0 Å². The van der Waals surface area contributed by atoms with Crippen LogP contribution >= 0.6 is 0 Å². The maximum Gasteiger partial charge on any atom is 0.339 e. The number of hydrogen-bond donors (Lipinski definition) is 0. The molecular weight excluding hydrogens is 280 g/mol. The van der Waals surface area contributed by atoms with Crippen LogP contribution < -0.4 is 0 Å². The average Bonchev–Trinajstić information content (AvgIpc) is 2.55. The van der Waals surface area contributed by atoms with Crippen LogP contribution in [0.5, 0.6) is 0 Å². The van der Waals surface area contributed by atoms with Crippen LogP contribution in [0.15, 0.2) is 42.5 Å². The van der Waals surface area contributed by atoms with Gasteiger partial charge in [-0.3, -0.25) is 0 Å². The molecule has 0 saturated carbocycles. The Labute approximate surface area is 129 Å². The van der Waals surface area contributed by atoms with Gasteiger partial charge in [0, 0.05) is 0 Å². The van der Waals surface area contributed by atoms with E-state index >= 15 is 0 Å². The normalized spacial score (nSPS) is 10.1. The van der Waals surface area contributed by atoms with Crippen LogP contribution in [0.25, 0.3) is 0 Å². The van der Waals surface area contributed by atoms with Crippen LogP contribution in [0.1, 0.15) is 37.4 Å². The fourth-order valence-corrected chi connectivity index (χ4v) is 2.41. The monoisotopic (exact) mass is 298 g/mol. The highest BCUT2D eigenvalue weighted by Gasteiger charge is 2.24. The van der Waals surface area contributed by atoms with Gasteiger partial charge in [0.2, 0.25) is 0 Å². The molecule has 0 N–H and O–H groups in total. The van der Waals surface area contributed by atoms with Crippen molar-refractivity contribution in [1.29, 1.82) is 0 Å². The first kappa shape index (κ1) is 15.8. The van der Waals surface area contributed by atoms with E-state index in [1.54, 1.807) is 6.92 Å². The predicted octanol–water partition coefficient (Wildman–Crippen LogP) is 3.16. The number of aryl methyl sites for hydroxylation is 1. The van der Waals surface area contributed by atoms with Crippen LogP contribution in [-0.4, -0.2) is 26.2 Å². The first-order chi connectivity index (χ1) is 10.6. The summed E-state index contributed by atoms with van der Waals surface area (Å²) < 4.78 is 9.67. The summed E-state index contributed by atoms with van der Waals surface area (Å²) in [6.45, 7) is 1.77. The molecule has 0 aliphatic rings. The highest BCUT2D eigenvalue weighted by Crippen LogP contribution is 2.23. The Balaban J connectivity index is 2.58. The van der Waals surface area contributed by atoms with E-state index in [0.717, 1.165) is 11.1 Å². The van der Waals surface area contributed by atoms with Crippen LogP contribution in [0.2, 0.25) is 0 Å². The number of benzene rings is 2. The van der Waals surface area contributed by atoms with E-state index in [1.807, 2.05) is 42.5 Å². The van der Waals surface area contributed by atoms with E-state index in [4.69, 9.17) is 9.47 Å². The Bertz CT molecular complexity index is 690. The third kappa shape index (κ3) is 3.17. The van der Waals surface area contributed by atoms with Gasteiger partial charge in [0.15, 0.2) is 0 Å². The van der Waals surface area contributed by atoms with E-state index in [1.165, 1.54) is 14.2 Å². The highest BCUT2D eigenvalue weighted by molar-refractivity contribution is 6.05. The van der Waals surface area contributed by atoms with Crippen LogP contribution in [0.4, 0.5) is 0 Å². The summed E-state index contributed by atoms with van der Waals surface area (Å²) >= 11 is 0. The lowest BCUT2D eigenvalue weighted by Gasteiger charge is -2.14. The largest absolute Gasteiger partial charge is 0.465 e. The summed E-state index contributed by atoms with van der Waals surface area (Å²) in [5.74, 6) is -1.07. The van der Waals surface area contributed by atoms with E-state index in [2.05, 4.69) is 0 Å². The maximum atomic E-state index is 12.2. The molecule has 0 radical (unpaired) electrons. The number of carbonyl (C=O) groups is 2. The minimum Gasteiger partial charge on any atom is -0.465 e. The summed E-state index contributed by atoms with van der Waals surface area (Å²) in [6.07, 6.45) is 0.537. The zero-order valence-electron chi connectivity index (χ0n) is 12.9. The van der Waals surface area contributed by atoms with Crippen LogP contribution in [0, 0.1) is 6.92 Å².